The molecular weight excluding hydrogens is 789 g/mol. The van der Waals surface area contributed by atoms with Crippen molar-refractivity contribution in [1.82, 2.24) is 31.1 Å². The Hall–Kier alpha value is -4.62. The minimum absolute atomic E-state index is 0.0142. The molecule has 5 unspecified atom stereocenters. The number of nitrogens with zero attached hydrogens (tertiary/aromatic N) is 2. The molecule has 59 heavy (non-hydrogen) atoms. The van der Waals surface area contributed by atoms with Crippen molar-refractivity contribution in [2.75, 3.05) is 38.5 Å². The predicted molar refractivity (Wildman–Crippen MR) is 216 cm³/mol. The van der Waals surface area contributed by atoms with E-state index in [1.807, 2.05) is 64.1 Å². The number of hydrogen-bond acceptors (Lipinski definition) is 11. The van der Waals surface area contributed by atoms with E-state index < -0.39 is 82.9 Å². The van der Waals surface area contributed by atoms with E-state index in [-0.39, 0.29) is 62.6 Å². The van der Waals surface area contributed by atoms with E-state index >= 15 is 4.39 Å². The second-order valence-electron chi connectivity index (χ2n) is 16.1. The van der Waals surface area contributed by atoms with E-state index in [0.717, 1.165) is 17.7 Å². The lowest BCUT2D eigenvalue weighted by Crippen LogP contribution is -2.54. The van der Waals surface area contributed by atoms with Crippen molar-refractivity contribution in [3.63, 3.8) is 0 Å². The Kier molecular flexibility index (Phi) is 15.5. The smallest absolute Gasteiger partial charge is 0.248 e. The Morgan fingerprint density at radius 3 is 2.41 bits per heavy atom. The van der Waals surface area contributed by atoms with Gasteiger partial charge < -0.3 is 51.8 Å². The van der Waals surface area contributed by atoms with Crippen molar-refractivity contribution >= 4 is 41.3 Å². The molecule has 0 aromatic heterocycles. The van der Waals surface area contributed by atoms with Gasteiger partial charge in [-0.05, 0) is 48.1 Å². The fourth-order valence-corrected chi connectivity index (χ4v) is 8.75. The molecule has 15 nitrogen and oxygen atoms in total. The predicted octanol–water partition coefficient (Wildman–Crippen LogP) is 0.846. The molecule has 8 N–H and O–H groups in total. The molecule has 5 amide bonds. The van der Waals surface area contributed by atoms with Crippen LogP contribution in [0.4, 0.5) is 8.78 Å². The molecular formula is C41H55F2N7O8S. The van der Waals surface area contributed by atoms with Crippen LogP contribution in [-0.2, 0) is 35.3 Å². The topological polar surface area (TPSA) is 219 Å². The van der Waals surface area contributed by atoms with E-state index in [1.54, 1.807) is 0 Å². The molecule has 0 saturated carbocycles. The highest BCUT2D eigenvalue weighted by molar-refractivity contribution is 8.00. The number of nitrogens with one attached hydrogen (secondary N) is 4. The maximum Gasteiger partial charge on any atom is 0.248 e. The first-order valence-corrected chi connectivity index (χ1v) is 20.7. The highest BCUT2D eigenvalue weighted by Gasteiger charge is 2.47. The van der Waals surface area contributed by atoms with E-state index in [4.69, 9.17) is 10.5 Å². The number of aliphatic hydroxyl groups excluding tert-OH is 2. The third-order valence-electron chi connectivity index (χ3n) is 10.6. The third kappa shape index (κ3) is 12.0. The van der Waals surface area contributed by atoms with Gasteiger partial charge in [0.1, 0.15) is 24.3 Å². The molecule has 2 aromatic rings. The minimum Gasteiger partial charge on any atom is -0.387 e. The first-order chi connectivity index (χ1) is 28.0. The van der Waals surface area contributed by atoms with Crippen LogP contribution in [0, 0.1) is 17.0 Å². The first kappa shape index (κ1) is 45.5. The van der Waals surface area contributed by atoms with Gasteiger partial charge in [-0.25, -0.2) is 8.78 Å². The lowest BCUT2D eigenvalue weighted by atomic mass is 9.82. The van der Waals surface area contributed by atoms with Crippen LogP contribution >= 0.6 is 11.8 Å². The van der Waals surface area contributed by atoms with Gasteiger partial charge in [0, 0.05) is 56.0 Å². The first-order valence-electron chi connectivity index (χ1n) is 19.7. The molecule has 18 heteroatoms. The Labute approximate surface area is 346 Å². The van der Waals surface area contributed by atoms with Crippen LogP contribution in [0.1, 0.15) is 57.6 Å². The van der Waals surface area contributed by atoms with Gasteiger partial charge >= 0.3 is 0 Å². The fraction of sp³-hybridized carbons (Fsp3) is 0.537. The lowest BCUT2D eigenvalue weighted by Gasteiger charge is -2.45. The molecule has 2 aromatic carbocycles. The second kappa shape index (κ2) is 20.1. The maximum atomic E-state index is 15.3. The van der Waals surface area contributed by atoms with Crippen LogP contribution in [-0.4, -0.2) is 130 Å². The molecule has 2 fully saturated rings. The number of benzene rings is 2. The summed E-state index contributed by atoms with van der Waals surface area (Å²) in [5.74, 6) is -3.69. The number of hydrogen-bond donors (Lipinski definition) is 7. The van der Waals surface area contributed by atoms with Crippen LogP contribution in [0.3, 0.4) is 0 Å². The van der Waals surface area contributed by atoms with Gasteiger partial charge in [0.15, 0.2) is 6.29 Å². The number of halogens is 2. The zero-order valence-corrected chi connectivity index (χ0v) is 34.5. The Morgan fingerprint density at radius 2 is 1.76 bits per heavy atom. The molecule has 2 saturated heterocycles. The van der Waals surface area contributed by atoms with Crippen LogP contribution in [0.2, 0.25) is 0 Å². The van der Waals surface area contributed by atoms with Crippen molar-refractivity contribution in [3.8, 4) is 0 Å². The van der Waals surface area contributed by atoms with E-state index in [1.165, 1.54) is 22.7 Å². The number of amides is 5. The van der Waals surface area contributed by atoms with Gasteiger partial charge in [0.05, 0.1) is 29.9 Å². The summed E-state index contributed by atoms with van der Waals surface area (Å²) in [7, 11) is 0. The number of aliphatic hydroxyl groups is 2. The highest BCUT2D eigenvalue weighted by atomic mass is 32.2. The monoisotopic (exact) mass is 843 g/mol. The van der Waals surface area contributed by atoms with Crippen LogP contribution in [0.15, 0.2) is 60.3 Å². The molecule has 0 bridgehead atoms. The number of rotatable bonds is 18. The van der Waals surface area contributed by atoms with Crippen LogP contribution in [0.25, 0.3) is 0 Å². The van der Waals surface area contributed by atoms with Crippen LogP contribution < -0.4 is 27.0 Å². The second-order valence-corrected chi connectivity index (χ2v) is 17.3. The molecule has 3 heterocycles. The van der Waals surface area contributed by atoms with Crippen molar-refractivity contribution in [2.24, 2.45) is 11.1 Å². The van der Waals surface area contributed by atoms with Crippen molar-refractivity contribution < 1.29 is 47.7 Å². The van der Waals surface area contributed by atoms with Gasteiger partial charge in [-0.1, -0.05) is 57.2 Å². The van der Waals surface area contributed by atoms with Gasteiger partial charge in [0.25, 0.3) is 0 Å². The van der Waals surface area contributed by atoms with Crippen molar-refractivity contribution in [2.45, 2.75) is 94.8 Å². The van der Waals surface area contributed by atoms with Crippen LogP contribution in [0.5, 0.6) is 0 Å². The quantitative estimate of drug-likeness (QED) is 0.0825. The molecule has 3 aliphatic heterocycles. The number of thioether (sulfide) groups is 1. The zero-order chi connectivity index (χ0) is 43.0. The van der Waals surface area contributed by atoms with Gasteiger partial charge in [-0.15, -0.1) is 11.8 Å². The highest BCUT2D eigenvalue weighted by Crippen LogP contribution is 2.43. The average Bonchev–Trinajstić information content (AvgIpc) is 3.86. The number of carbonyl (C=O) groups excluding carboxylic acids is 5. The summed E-state index contributed by atoms with van der Waals surface area (Å²) in [5.41, 5.74) is 7.48. The lowest BCUT2D eigenvalue weighted by molar-refractivity contribution is -0.139. The summed E-state index contributed by atoms with van der Waals surface area (Å²) < 4.78 is 34.7. The number of carbonyl (C=O) groups is 5. The minimum atomic E-state index is -1.07. The summed E-state index contributed by atoms with van der Waals surface area (Å²) in [6.45, 7) is 7.02. The molecule has 0 radical (unpaired) electrons. The SMILES string of the molecule is CC1C(c2cc(F)ccc2F)C=C([C@H](N(CC[C@H](N)C(=O)NCCNC(=O)CNC(=O)CC2SC[C@@H](C3OC3O)NC2=O)C(=O)CO)C(C)(C)C)N1Cc1ccccc1. The summed E-state index contributed by atoms with van der Waals surface area (Å²) in [5, 5.41) is 29.4. The molecule has 8 atom stereocenters. The van der Waals surface area contributed by atoms with E-state index in [0.29, 0.717) is 18.0 Å². The van der Waals surface area contributed by atoms with Gasteiger partial charge in [-0.2, -0.15) is 0 Å². The van der Waals surface area contributed by atoms with E-state index in [2.05, 4.69) is 26.2 Å². The summed E-state index contributed by atoms with van der Waals surface area (Å²) >= 11 is 1.28. The zero-order valence-electron chi connectivity index (χ0n) is 33.7. The normalized spacial score (nSPS) is 23.7. The largest absolute Gasteiger partial charge is 0.387 e. The third-order valence-corrected chi connectivity index (χ3v) is 12.0. The van der Waals surface area contributed by atoms with E-state index in [9.17, 15) is 38.6 Å². The molecule has 3 aliphatic rings. The summed E-state index contributed by atoms with van der Waals surface area (Å²) in [6, 6.07) is 10.6. The van der Waals surface area contributed by atoms with Gasteiger partial charge in [-0.3, -0.25) is 24.0 Å². The summed E-state index contributed by atoms with van der Waals surface area (Å²) in [6.07, 6.45) is 0.422. The maximum absolute atomic E-state index is 15.3. The Bertz CT molecular complexity index is 1870. The number of nitrogens with two attached hydrogens (primary N) is 1. The Balaban J connectivity index is 1.15. The van der Waals surface area contributed by atoms with Crippen molar-refractivity contribution in [1.29, 1.82) is 0 Å². The summed E-state index contributed by atoms with van der Waals surface area (Å²) in [4.78, 5) is 67.3. The average molecular weight is 844 g/mol. The Morgan fingerprint density at radius 1 is 1.07 bits per heavy atom. The number of ether oxygens (including phenoxy) is 1. The molecule has 0 spiro atoms. The standard InChI is InChI=1S/C41H55F2N7O8S/c1-23-26(27-16-25(42)10-11-28(27)43)17-31(50(23)20-24-8-6-5-7-9-24)37(41(2,3)4)49(35(54)21-51)15-12-29(44)38(55)46-14-13-45-34(53)19-47-33(52)18-32-39(56)48-30(22-59-32)36-40(57)58-36/h5-11,16-17,23,26,29-30,32,36-37,40,51,57H,12-15,18-22,44H2,1-4H3,(H,45,53)(H,46,55)(H,47,52)(H,48,56)/t23?,26?,29-,30-,32?,36?,37-,40?/m0/s1. The van der Waals surface area contributed by atoms with Crippen molar-refractivity contribution in [3.05, 3.63) is 83.1 Å². The molecule has 322 valence electrons. The fourth-order valence-electron chi connectivity index (χ4n) is 7.55. The molecule has 0 aliphatic carbocycles. The van der Waals surface area contributed by atoms with Gasteiger partial charge in [0.2, 0.25) is 29.5 Å². The molecule has 5 rings (SSSR count). The number of epoxide rings is 1.